The maximum Gasteiger partial charge on any atom is 0.250 e. The lowest BCUT2D eigenvalue weighted by molar-refractivity contribution is -0.0676. The zero-order valence-electron chi connectivity index (χ0n) is 12.5. The van der Waals surface area contributed by atoms with Crippen LogP contribution in [0.5, 0.6) is 0 Å². The molecule has 21 heavy (non-hydrogen) atoms. The number of rotatable bonds is 3. The van der Waals surface area contributed by atoms with E-state index in [1.807, 2.05) is 6.07 Å². The highest BCUT2D eigenvalue weighted by Gasteiger charge is 2.36. The Hall–Kier alpha value is -1.00. The minimum absolute atomic E-state index is 0.0389. The van der Waals surface area contributed by atoms with Crippen LogP contribution in [0.25, 0.3) is 0 Å². The first-order valence-electron chi connectivity index (χ1n) is 8.01. The van der Waals surface area contributed by atoms with Gasteiger partial charge in [-0.2, -0.15) is 0 Å². The number of halogens is 2. The molecule has 3 rings (SSSR count). The summed E-state index contributed by atoms with van der Waals surface area (Å²) in [6.07, 6.45) is 2.30. The first-order chi connectivity index (χ1) is 10.1. The molecule has 116 valence electrons. The van der Waals surface area contributed by atoms with E-state index in [-0.39, 0.29) is 12.8 Å². The molecule has 1 aromatic carbocycles. The second kappa shape index (κ2) is 6.41. The van der Waals surface area contributed by atoms with Gasteiger partial charge in [0.15, 0.2) is 0 Å². The van der Waals surface area contributed by atoms with Crippen molar-refractivity contribution >= 4 is 0 Å². The monoisotopic (exact) mass is 294 g/mol. The first kappa shape index (κ1) is 14.9. The lowest BCUT2D eigenvalue weighted by Crippen LogP contribution is -2.49. The average Bonchev–Trinajstić information content (AvgIpc) is 2.49. The van der Waals surface area contributed by atoms with Crippen LogP contribution in [0.4, 0.5) is 8.78 Å². The lowest BCUT2D eigenvalue weighted by atomic mass is 9.98. The molecule has 0 saturated carbocycles. The van der Waals surface area contributed by atoms with Gasteiger partial charge in [-0.05, 0) is 31.5 Å². The van der Waals surface area contributed by atoms with Crippen LogP contribution in [0, 0.1) is 0 Å². The molecule has 0 aliphatic carbocycles. The summed E-state index contributed by atoms with van der Waals surface area (Å²) >= 11 is 0. The molecule has 2 aliphatic rings. The lowest BCUT2D eigenvalue weighted by Gasteiger charge is -2.41. The molecule has 0 radical (unpaired) electrons. The largest absolute Gasteiger partial charge is 0.300 e. The summed E-state index contributed by atoms with van der Waals surface area (Å²) in [6.45, 7) is 4.29. The van der Waals surface area contributed by atoms with Gasteiger partial charge in [0.05, 0.1) is 0 Å². The summed E-state index contributed by atoms with van der Waals surface area (Å²) in [4.78, 5) is 4.77. The van der Waals surface area contributed by atoms with Crippen molar-refractivity contribution < 1.29 is 8.78 Å². The Labute approximate surface area is 125 Å². The summed E-state index contributed by atoms with van der Waals surface area (Å²) in [7, 11) is 0. The van der Waals surface area contributed by atoms with Crippen LogP contribution in [-0.2, 0) is 6.54 Å². The molecule has 4 heteroatoms. The van der Waals surface area contributed by atoms with Gasteiger partial charge in [-0.3, -0.25) is 9.80 Å². The molecule has 2 heterocycles. The van der Waals surface area contributed by atoms with E-state index in [0.29, 0.717) is 19.1 Å². The Kier molecular flexibility index (Phi) is 4.55. The van der Waals surface area contributed by atoms with E-state index >= 15 is 0 Å². The second-order valence-electron chi connectivity index (χ2n) is 6.38. The Morgan fingerprint density at radius 1 is 0.952 bits per heavy atom. The quantitative estimate of drug-likeness (QED) is 0.843. The fourth-order valence-corrected chi connectivity index (χ4v) is 3.50. The van der Waals surface area contributed by atoms with Gasteiger partial charge in [0, 0.05) is 38.5 Å². The third-order valence-electron chi connectivity index (χ3n) is 4.85. The SMILES string of the molecule is FC1(F)CCN(C2CCN(Cc3ccccc3)CC2)CC1. The van der Waals surface area contributed by atoms with Gasteiger partial charge < -0.3 is 0 Å². The van der Waals surface area contributed by atoms with Crippen LogP contribution in [-0.4, -0.2) is 47.9 Å². The van der Waals surface area contributed by atoms with Crippen molar-refractivity contribution in [3.8, 4) is 0 Å². The molecular formula is C17H24F2N2. The second-order valence-corrected chi connectivity index (χ2v) is 6.38. The van der Waals surface area contributed by atoms with Crippen molar-refractivity contribution in [2.24, 2.45) is 0 Å². The van der Waals surface area contributed by atoms with Crippen molar-refractivity contribution in [2.45, 2.75) is 44.2 Å². The van der Waals surface area contributed by atoms with E-state index in [4.69, 9.17) is 0 Å². The maximum absolute atomic E-state index is 13.2. The predicted octanol–water partition coefficient (Wildman–Crippen LogP) is 3.38. The van der Waals surface area contributed by atoms with Crippen molar-refractivity contribution in [1.82, 2.24) is 9.80 Å². The molecule has 2 saturated heterocycles. The highest BCUT2D eigenvalue weighted by atomic mass is 19.3. The number of nitrogens with zero attached hydrogens (tertiary/aromatic N) is 2. The summed E-state index contributed by atoms with van der Waals surface area (Å²) in [5, 5.41) is 0. The standard InChI is InChI=1S/C17H24F2N2/c18-17(19)8-12-21(13-9-17)16-6-10-20(11-7-16)14-15-4-2-1-3-5-15/h1-5,16H,6-14H2. The maximum atomic E-state index is 13.2. The number of benzene rings is 1. The Morgan fingerprint density at radius 3 is 2.19 bits per heavy atom. The third-order valence-corrected chi connectivity index (χ3v) is 4.85. The molecular weight excluding hydrogens is 270 g/mol. The fourth-order valence-electron chi connectivity index (χ4n) is 3.50. The summed E-state index contributed by atoms with van der Waals surface area (Å²) in [5.74, 6) is -2.43. The minimum atomic E-state index is -2.43. The van der Waals surface area contributed by atoms with Gasteiger partial charge in [0.2, 0.25) is 0 Å². The highest BCUT2D eigenvalue weighted by Crippen LogP contribution is 2.30. The molecule has 0 bridgehead atoms. The minimum Gasteiger partial charge on any atom is -0.300 e. The topological polar surface area (TPSA) is 6.48 Å². The zero-order chi connectivity index (χ0) is 14.7. The fraction of sp³-hybridized carbons (Fsp3) is 0.647. The van der Waals surface area contributed by atoms with Gasteiger partial charge in [0.25, 0.3) is 5.92 Å². The average molecular weight is 294 g/mol. The summed E-state index contributed by atoms with van der Waals surface area (Å²) in [6, 6.07) is 11.0. The van der Waals surface area contributed by atoms with Crippen molar-refractivity contribution in [1.29, 1.82) is 0 Å². The molecule has 2 nitrogen and oxygen atoms in total. The van der Waals surface area contributed by atoms with Gasteiger partial charge in [-0.15, -0.1) is 0 Å². The molecule has 2 aliphatic heterocycles. The van der Waals surface area contributed by atoms with Gasteiger partial charge in [-0.1, -0.05) is 30.3 Å². The smallest absolute Gasteiger partial charge is 0.250 e. The van der Waals surface area contributed by atoms with Crippen LogP contribution in [0.3, 0.4) is 0 Å². The van der Waals surface area contributed by atoms with Crippen molar-refractivity contribution in [2.75, 3.05) is 26.2 Å². The number of likely N-dealkylation sites (tertiary alicyclic amines) is 2. The Morgan fingerprint density at radius 2 is 1.57 bits per heavy atom. The number of alkyl halides is 2. The van der Waals surface area contributed by atoms with Crippen LogP contribution in [0.15, 0.2) is 30.3 Å². The molecule has 0 amide bonds. The normalized spacial score (nSPS) is 25.0. The van der Waals surface area contributed by atoms with Crippen LogP contribution in [0.2, 0.25) is 0 Å². The molecule has 0 atom stereocenters. The highest BCUT2D eigenvalue weighted by molar-refractivity contribution is 5.14. The number of piperidine rings is 2. The molecule has 2 fully saturated rings. The molecule has 0 spiro atoms. The van der Waals surface area contributed by atoms with Crippen LogP contribution in [0.1, 0.15) is 31.2 Å². The van der Waals surface area contributed by atoms with Crippen molar-refractivity contribution in [3.05, 3.63) is 35.9 Å². The predicted molar refractivity (Wildman–Crippen MR) is 80.5 cm³/mol. The van der Waals surface area contributed by atoms with Crippen LogP contribution >= 0.6 is 0 Å². The molecule has 1 aromatic rings. The first-order valence-corrected chi connectivity index (χ1v) is 8.01. The molecule has 0 unspecified atom stereocenters. The number of hydrogen-bond donors (Lipinski definition) is 0. The van der Waals surface area contributed by atoms with Crippen LogP contribution < -0.4 is 0 Å². The Balaban J connectivity index is 1.45. The van der Waals surface area contributed by atoms with E-state index in [1.54, 1.807) is 0 Å². The summed E-state index contributed by atoms with van der Waals surface area (Å²) in [5.41, 5.74) is 1.36. The number of hydrogen-bond acceptors (Lipinski definition) is 2. The van der Waals surface area contributed by atoms with E-state index in [9.17, 15) is 8.78 Å². The van der Waals surface area contributed by atoms with Gasteiger partial charge in [-0.25, -0.2) is 8.78 Å². The summed E-state index contributed by atoms with van der Waals surface area (Å²) < 4.78 is 26.4. The van der Waals surface area contributed by atoms with Crippen molar-refractivity contribution in [3.63, 3.8) is 0 Å². The third kappa shape index (κ3) is 4.01. The van der Waals surface area contributed by atoms with Gasteiger partial charge >= 0.3 is 0 Å². The Bertz CT molecular complexity index is 431. The van der Waals surface area contributed by atoms with E-state index in [0.717, 1.165) is 32.5 Å². The zero-order valence-corrected chi connectivity index (χ0v) is 12.5. The van der Waals surface area contributed by atoms with E-state index in [2.05, 4.69) is 34.1 Å². The molecule has 0 N–H and O–H groups in total. The van der Waals surface area contributed by atoms with E-state index < -0.39 is 5.92 Å². The van der Waals surface area contributed by atoms with Gasteiger partial charge in [0.1, 0.15) is 0 Å². The molecule has 0 aromatic heterocycles. The van der Waals surface area contributed by atoms with E-state index in [1.165, 1.54) is 5.56 Å².